The van der Waals surface area contributed by atoms with E-state index in [9.17, 15) is 14.7 Å². The monoisotopic (exact) mass is 415 g/mol. The molecule has 0 spiro atoms. The van der Waals surface area contributed by atoms with Crippen LogP contribution in [0, 0.1) is 0 Å². The number of nitrogens with one attached hydrogen (secondary N) is 2. The average Bonchev–Trinajstić information content (AvgIpc) is 3.15. The zero-order valence-electron chi connectivity index (χ0n) is 16.1. The Morgan fingerprint density at radius 2 is 1.97 bits per heavy atom. The molecule has 0 aliphatic heterocycles. The lowest BCUT2D eigenvalue weighted by Crippen LogP contribution is -2.51. The summed E-state index contributed by atoms with van der Waals surface area (Å²) in [5, 5.41) is 15.5. The first-order valence-electron chi connectivity index (χ1n) is 9.02. The standard InChI is InChI=1S/C21H22ClN3O4/c1-25(29-2)21(28)19(26)18(10-13-6-4-3-5-7-13)24-20(27)16-12-23-17-9-8-14(22)11-15(16)17/h3-9,11-12,18-19,23,26H,10H2,1-2H3,(H,24,27)/t18-,19+/m0/s1. The van der Waals surface area contributed by atoms with Crippen LogP contribution < -0.4 is 5.32 Å². The molecule has 2 atom stereocenters. The average molecular weight is 416 g/mol. The Labute approximate surface area is 173 Å². The summed E-state index contributed by atoms with van der Waals surface area (Å²) in [4.78, 5) is 33.3. The summed E-state index contributed by atoms with van der Waals surface area (Å²) in [5.41, 5.74) is 2.00. The number of aliphatic hydroxyl groups excluding tert-OH is 1. The second-order valence-electron chi connectivity index (χ2n) is 6.63. The van der Waals surface area contributed by atoms with Gasteiger partial charge < -0.3 is 15.4 Å². The van der Waals surface area contributed by atoms with Crippen molar-refractivity contribution in [2.75, 3.05) is 14.2 Å². The number of hydrogen-bond donors (Lipinski definition) is 3. The van der Waals surface area contributed by atoms with E-state index in [0.717, 1.165) is 16.1 Å². The van der Waals surface area contributed by atoms with Gasteiger partial charge in [0, 0.05) is 29.2 Å². The number of rotatable bonds is 7. The summed E-state index contributed by atoms with van der Waals surface area (Å²) < 4.78 is 0. The van der Waals surface area contributed by atoms with Crippen molar-refractivity contribution < 1.29 is 19.5 Å². The highest BCUT2D eigenvalue weighted by Crippen LogP contribution is 2.22. The van der Waals surface area contributed by atoms with E-state index in [1.165, 1.54) is 14.2 Å². The Bertz CT molecular complexity index is 1010. The fourth-order valence-corrected chi connectivity index (χ4v) is 3.26. The van der Waals surface area contributed by atoms with Crippen molar-refractivity contribution in [3.8, 4) is 0 Å². The van der Waals surface area contributed by atoms with Gasteiger partial charge in [-0.2, -0.15) is 0 Å². The maximum absolute atomic E-state index is 13.0. The van der Waals surface area contributed by atoms with Crippen LogP contribution in [0.2, 0.25) is 5.02 Å². The fourth-order valence-electron chi connectivity index (χ4n) is 3.08. The molecule has 0 aliphatic rings. The molecule has 3 N–H and O–H groups in total. The molecular formula is C21H22ClN3O4. The molecular weight excluding hydrogens is 394 g/mol. The molecule has 152 valence electrons. The second kappa shape index (κ2) is 9.09. The van der Waals surface area contributed by atoms with E-state index in [4.69, 9.17) is 16.4 Å². The highest BCUT2D eigenvalue weighted by atomic mass is 35.5. The lowest BCUT2D eigenvalue weighted by molar-refractivity contribution is -0.179. The quantitative estimate of drug-likeness (QED) is 0.517. The highest BCUT2D eigenvalue weighted by molar-refractivity contribution is 6.31. The predicted octanol–water partition coefficient (Wildman–Crippen LogP) is 2.54. The number of H-pyrrole nitrogens is 1. The Morgan fingerprint density at radius 1 is 1.24 bits per heavy atom. The van der Waals surface area contributed by atoms with Gasteiger partial charge >= 0.3 is 0 Å². The van der Waals surface area contributed by atoms with Gasteiger partial charge in [-0.3, -0.25) is 14.4 Å². The molecule has 1 heterocycles. The van der Waals surface area contributed by atoms with Crippen LogP contribution in [0.1, 0.15) is 15.9 Å². The number of carbonyl (C=O) groups excluding carboxylic acids is 2. The topological polar surface area (TPSA) is 94.7 Å². The number of aromatic amines is 1. The molecule has 8 heteroatoms. The van der Waals surface area contributed by atoms with E-state index < -0.39 is 24.0 Å². The van der Waals surface area contributed by atoms with Crippen LogP contribution in [0.5, 0.6) is 0 Å². The summed E-state index contributed by atoms with van der Waals surface area (Å²) in [6.45, 7) is 0. The van der Waals surface area contributed by atoms with Crippen LogP contribution in [0.3, 0.4) is 0 Å². The van der Waals surface area contributed by atoms with Crippen LogP contribution in [0.4, 0.5) is 0 Å². The minimum Gasteiger partial charge on any atom is -0.381 e. The highest BCUT2D eigenvalue weighted by Gasteiger charge is 2.31. The molecule has 2 aromatic carbocycles. The van der Waals surface area contributed by atoms with E-state index >= 15 is 0 Å². The Morgan fingerprint density at radius 3 is 2.66 bits per heavy atom. The normalized spacial score (nSPS) is 13.1. The number of hydrogen-bond acceptors (Lipinski definition) is 4. The largest absolute Gasteiger partial charge is 0.381 e. The molecule has 29 heavy (non-hydrogen) atoms. The van der Waals surface area contributed by atoms with E-state index in [1.807, 2.05) is 30.3 Å². The summed E-state index contributed by atoms with van der Waals surface area (Å²) in [6, 6.07) is 13.6. The number of amides is 2. The lowest BCUT2D eigenvalue weighted by atomic mass is 10.00. The van der Waals surface area contributed by atoms with Crippen LogP contribution in [0.15, 0.2) is 54.7 Å². The van der Waals surface area contributed by atoms with E-state index in [0.29, 0.717) is 16.0 Å². The smallest absolute Gasteiger partial charge is 0.276 e. The summed E-state index contributed by atoms with van der Waals surface area (Å²) in [7, 11) is 2.72. The van der Waals surface area contributed by atoms with Crippen LogP contribution in [-0.2, 0) is 16.1 Å². The zero-order valence-corrected chi connectivity index (χ0v) is 16.8. The lowest BCUT2D eigenvalue weighted by Gasteiger charge is -2.26. The third-order valence-corrected chi connectivity index (χ3v) is 4.96. The van der Waals surface area contributed by atoms with Gasteiger partial charge in [0.15, 0.2) is 6.10 Å². The zero-order chi connectivity index (χ0) is 21.0. The summed E-state index contributed by atoms with van der Waals surface area (Å²) in [5.74, 6) is -1.08. The van der Waals surface area contributed by atoms with Crippen molar-refractivity contribution >= 4 is 34.3 Å². The number of aromatic nitrogens is 1. The van der Waals surface area contributed by atoms with Gasteiger partial charge in [0.05, 0.1) is 18.7 Å². The Kier molecular flexibility index (Phi) is 6.53. The van der Waals surface area contributed by atoms with E-state index in [1.54, 1.807) is 24.4 Å². The molecule has 0 saturated heterocycles. The molecule has 0 bridgehead atoms. The summed E-state index contributed by atoms with van der Waals surface area (Å²) >= 11 is 6.06. The number of benzene rings is 2. The minimum atomic E-state index is -1.49. The molecule has 0 aliphatic carbocycles. The third kappa shape index (κ3) is 4.76. The Hall–Kier alpha value is -2.87. The van der Waals surface area contributed by atoms with E-state index in [2.05, 4.69) is 10.3 Å². The van der Waals surface area contributed by atoms with Crippen LogP contribution in [0.25, 0.3) is 10.9 Å². The third-order valence-electron chi connectivity index (χ3n) is 4.72. The predicted molar refractivity (Wildman–Crippen MR) is 110 cm³/mol. The molecule has 0 radical (unpaired) electrons. The van der Waals surface area contributed by atoms with Gasteiger partial charge in [-0.1, -0.05) is 41.9 Å². The SMILES string of the molecule is CON(C)C(=O)[C@H](O)[C@H](Cc1ccccc1)NC(=O)c1c[nH]c2ccc(Cl)cc12. The van der Waals surface area contributed by atoms with Crippen molar-refractivity contribution in [3.63, 3.8) is 0 Å². The Balaban J connectivity index is 1.87. The molecule has 2 amide bonds. The molecule has 0 unspecified atom stereocenters. The van der Waals surface area contributed by atoms with Crippen LogP contribution >= 0.6 is 11.6 Å². The number of halogens is 1. The van der Waals surface area contributed by atoms with Crippen molar-refractivity contribution in [2.24, 2.45) is 0 Å². The maximum atomic E-state index is 13.0. The molecule has 0 saturated carbocycles. The van der Waals surface area contributed by atoms with Gasteiger partial charge in [0.25, 0.3) is 11.8 Å². The minimum absolute atomic E-state index is 0.264. The number of nitrogens with zero attached hydrogens (tertiary/aromatic N) is 1. The van der Waals surface area contributed by atoms with Gasteiger partial charge in [0.1, 0.15) is 0 Å². The fraction of sp³-hybridized carbons (Fsp3) is 0.238. The number of aliphatic hydroxyl groups is 1. The van der Waals surface area contributed by atoms with Crippen molar-refractivity contribution in [3.05, 3.63) is 70.9 Å². The van der Waals surface area contributed by atoms with Crippen molar-refractivity contribution in [1.29, 1.82) is 0 Å². The van der Waals surface area contributed by atoms with Gasteiger partial charge in [-0.15, -0.1) is 0 Å². The van der Waals surface area contributed by atoms with Crippen molar-refractivity contribution in [2.45, 2.75) is 18.6 Å². The van der Waals surface area contributed by atoms with Crippen LogP contribution in [-0.4, -0.2) is 53.3 Å². The molecule has 1 aromatic heterocycles. The maximum Gasteiger partial charge on any atom is 0.276 e. The first kappa shape index (κ1) is 20.9. The van der Waals surface area contributed by atoms with Gasteiger partial charge in [-0.05, 0) is 30.2 Å². The second-order valence-corrected chi connectivity index (χ2v) is 7.06. The number of carbonyl (C=O) groups is 2. The molecule has 7 nitrogen and oxygen atoms in total. The molecule has 3 rings (SSSR count). The number of hydroxylamine groups is 2. The van der Waals surface area contributed by atoms with Gasteiger partial charge in [-0.25, -0.2) is 5.06 Å². The first-order valence-corrected chi connectivity index (χ1v) is 9.39. The first-order chi connectivity index (χ1) is 13.9. The number of likely N-dealkylation sites (N-methyl/N-ethyl adjacent to an activating group) is 1. The van der Waals surface area contributed by atoms with Crippen molar-refractivity contribution in [1.82, 2.24) is 15.4 Å². The molecule has 3 aromatic rings. The van der Waals surface area contributed by atoms with E-state index in [-0.39, 0.29) is 6.42 Å². The summed E-state index contributed by atoms with van der Waals surface area (Å²) in [6.07, 6.45) is 0.351. The van der Waals surface area contributed by atoms with Gasteiger partial charge in [0.2, 0.25) is 0 Å². The number of fused-ring (bicyclic) bond motifs is 1. The molecule has 0 fully saturated rings.